The van der Waals surface area contributed by atoms with Gasteiger partial charge in [0.15, 0.2) is 0 Å². The second-order valence-electron chi connectivity index (χ2n) is 6.29. The number of fused-ring (bicyclic) bond motifs is 1. The van der Waals surface area contributed by atoms with E-state index in [1.54, 1.807) is 6.26 Å². The molecule has 0 unspecified atom stereocenters. The van der Waals surface area contributed by atoms with Gasteiger partial charge in [-0.2, -0.15) is 0 Å². The summed E-state index contributed by atoms with van der Waals surface area (Å²) in [5, 5.41) is 1.13. The van der Waals surface area contributed by atoms with E-state index in [0.717, 1.165) is 46.7 Å². The maximum Gasteiger partial charge on any atom is 0.130 e. The van der Waals surface area contributed by atoms with Gasteiger partial charge in [-0.1, -0.05) is 30.3 Å². The van der Waals surface area contributed by atoms with E-state index < -0.39 is 0 Å². The number of hydrogen-bond acceptors (Lipinski definition) is 4. The first-order valence-electron chi connectivity index (χ1n) is 9.09. The van der Waals surface area contributed by atoms with Gasteiger partial charge < -0.3 is 13.9 Å². The Labute approximate surface area is 158 Å². The molecule has 0 fully saturated rings. The minimum absolute atomic E-state index is 0.423. The maximum absolute atomic E-state index is 5.89. The van der Waals surface area contributed by atoms with E-state index in [2.05, 4.69) is 17.1 Å². The SMILES string of the molecule is c1cc(OCCCc2ccco2)cc(OCc2ccc3ccccc3n2)c1. The lowest BCUT2D eigenvalue weighted by Gasteiger charge is -2.09. The van der Waals surface area contributed by atoms with Crippen molar-refractivity contribution in [1.29, 1.82) is 0 Å². The number of para-hydroxylation sites is 1. The van der Waals surface area contributed by atoms with Gasteiger partial charge >= 0.3 is 0 Å². The third-order valence-corrected chi connectivity index (χ3v) is 4.26. The Balaban J connectivity index is 1.30. The molecule has 4 heteroatoms. The highest BCUT2D eigenvalue weighted by molar-refractivity contribution is 5.78. The van der Waals surface area contributed by atoms with Crippen molar-refractivity contribution < 1.29 is 13.9 Å². The van der Waals surface area contributed by atoms with Crippen molar-refractivity contribution in [2.75, 3.05) is 6.61 Å². The van der Waals surface area contributed by atoms with Crippen LogP contribution in [0, 0.1) is 0 Å². The van der Waals surface area contributed by atoms with Gasteiger partial charge in [0.2, 0.25) is 0 Å². The van der Waals surface area contributed by atoms with Crippen LogP contribution in [0.4, 0.5) is 0 Å². The minimum atomic E-state index is 0.423. The molecule has 0 N–H and O–H groups in total. The van der Waals surface area contributed by atoms with Crippen LogP contribution in [0.1, 0.15) is 17.9 Å². The zero-order valence-corrected chi connectivity index (χ0v) is 15.0. The highest BCUT2D eigenvalue weighted by atomic mass is 16.5. The first kappa shape index (κ1) is 17.2. The van der Waals surface area contributed by atoms with Gasteiger partial charge in [-0.25, -0.2) is 4.98 Å². The van der Waals surface area contributed by atoms with Crippen LogP contribution in [0.15, 0.2) is 83.5 Å². The summed E-state index contributed by atoms with van der Waals surface area (Å²) >= 11 is 0. The van der Waals surface area contributed by atoms with Crippen LogP contribution in [-0.2, 0) is 13.0 Å². The fraction of sp³-hybridized carbons (Fsp3) is 0.174. The molecular weight excluding hydrogens is 338 g/mol. The van der Waals surface area contributed by atoms with Gasteiger partial charge in [-0.05, 0) is 42.8 Å². The van der Waals surface area contributed by atoms with Gasteiger partial charge in [-0.15, -0.1) is 0 Å². The van der Waals surface area contributed by atoms with E-state index in [1.807, 2.05) is 60.7 Å². The number of benzene rings is 2. The maximum atomic E-state index is 5.89. The third-order valence-electron chi connectivity index (χ3n) is 4.26. The molecule has 136 valence electrons. The molecule has 4 aromatic rings. The van der Waals surface area contributed by atoms with Crippen LogP contribution in [-0.4, -0.2) is 11.6 Å². The van der Waals surface area contributed by atoms with E-state index in [0.29, 0.717) is 13.2 Å². The smallest absolute Gasteiger partial charge is 0.130 e. The number of rotatable bonds is 8. The average molecular weight is 359 g/mol. The molecule has 0 atom stereocenters. The van der Waals surface area contributed by atoms with Crippen LogP contribution in [0.25, 0.3) is 10.9 Å². The summed E-state index contributed by atoms with van der Waals surface area (Å²) in [5.41, 5.74) is 1.88. The van der Waals surface area contributed by atoms with E-state index >= 15 is 0 Å². The first-order chi connectivity index (χ1) is 13.4. The van der Waals surface area contributed by atoms with Gasteiger partial charge in [0.05, 0.1) is 24.1 Å². The van der Waals surface area contributed by atoms with Crippen molar-refractivity contribution in [2.24, 2.45) is 0 Å². The highest BCUT2D eigenvalue weighted by Gasteiger charge is 2.02. The van der Waals surface area contributed by atoms with Gasteiger partial charge in [0.25, 0.3) is 0 Å². The fourth-order valence-corrected chi connectivity index (χ4v) is 2.89. The van der Waals surface area contributed by atoms with Crippen LogP contribution >= 0.6 is 0 Å². The van der Waals surface area contributed by atoms with E-state index in [-0.39, 0.29) is 0 Å². The molecular formula is C23H21NO3. The van der Waals surface area contributed by atoms with Crippen LogP contribution in [0.2, 0.25) is 0 Å². The molecule has 4 nitrogen and oxygen atoms in total. The van der Waals surface area contributed by atoms with E-state index in [9.17, 15) is 0 Å². The zero-order chi connectivity index (χ0) is 18.3. The Morgan fingerprint density at radius 1 is 0.815 bits per heavy atom. The molecule has 0 spiro atoms. The second kappa shape index (κ2) is 8.41. The molecule has 0 bridgehead atoms. The molecule has 4 rings (SSSR count). The molecule has 0 amide bonds. The number of ether oxygens (including phenoxy) is 2. The topological polar surface area (TPSA) is 44.5 Å². The zero-order valence-electron chi connectivity index (χ0n) is 15.0. The molecule has 0 radical (unpaired) electrons. The van der Waals surface area contributed by atoms with Gasteiger partial charge in [0, 0.05) is 17.9 Å². The Hall–Kier alpha value is -3.27. The Morgan fingerprint density at radius 3 is 2.59 bits per heavy atom. The van der Waals surface area contributed by atoms with Crippen molar-refractivity contribution in [3.63, 3.8) is 0 Å². The molecule has 0 aliphatic heterocycles. The lowest BCUT2D eigenvalue weighted by molar-refractivity contribution is 0.288. The Morgan fingerprint density at radius 2 is 1.70 bits per heavy atom. The van der Waals surface area contributed by atoms with Crippen LogP contribution in [0.5, 0.6) is 11.5 Å². The number of aryl methyl sites for hydroxylation is 1. The standard InChI is InChI=1S/C23H21NO3/c1-2-11-23-18(6-1)12-13-19(24-23)17-27-22-8-3-7-21(16-22)26-15-5-10-20-9-4-14-25-20/h1-4,6-9,11-14,16H,5,10,15,17H2. The first-order valence-corrected chi connectivity index (χ1v) is 9.09. The Kier molecular flexibility index (Phi) is 5.34. The summed E-state index contributed by atoms with van der Waals surface area (Å²) in [5.74, 6) is 2.56. The normalized spacial score (nSPS) is 10.8. The minimum Gasteiger partial charge on any atom is -0.493 e. The lowest BCUT2D eigenvalue weighted by atomic mass is 10.2. The van der Waals surface area contributed by atoms with Crippen molar-refractivity contribution in [3.8, 4) is 11.5 Å². The molecule has 27 heavy (non-hydrogen) atoms. The van der Waals surface area contributed by atoms with Crippen LogP contribution < -0.4 is 9.47 Å². The molecule has 0 saturated heterocycles. The number of hydrogen-bond donors (Lipinski definition) is 0. The Bertz CT molecular complexity index is 995. The molecule has 0 saturated carbocycles. The third kappa shape index (κ3) is 4.67. The van der Waals surface area contributed by atoms with Crippen LogP contribution in [0.3, 0.4) is 0 Å². The van der Waals surface area contributed by atoms with Crippen molar-refractivity contribution >= 4 is 10.9 Å². The number of furan rings is 1. The van der Waals surface area contributed by atoms with E-state index in [1.165, 1.54) is 0 Å². The monoisotopic (exact) mass is 359 g/mol. The predicted octanol–water partition coefficient (Wildman–Crippen LogP) is 5.42. The van der Waals surface area contributed by atoms with Gasteiger partial charge in [0.1, 0.15) is 23.9 Å². The summed E-state index contributed by atoms with van der Waals surface area (Å²) in [4.78, 5) is 4.63. The summed E-state index contributed by atoms with van der Waals surface area (Å²) in [6, 6.07) is 23.7. The lowest BCUT2D eigenvalue weighted by Crippen LogP contribution is -2.01. The summed E-state index contributed by atoms with van der Waals surface area (Å²) in [6.07, 6.45) is 3.47. The summed E-state index contributed by atoms with van der Waals surface area (Å²) in [6.45, 7) is 1.06. The van der Waals surface area contributed by atoms with Gasteiger partial charge in [-0.3, -0.25) is 0 Å². The van der Waals surface area contributed by atoms with E-state index in [4.69, 9.17) is 13.9 Å². The molecule has 0 aliphatic carbocycles. The van der Waals surface area contributed by atoms with Crippen molar-refractivity contribution in [3.05, 3.63) is 90.5 Å². The molecule has 0 aliphatic rings. The van der Waals surface area contributed by atoms with Crippen molar-refractivity contribution in [2.45, 2.75) is 19.4 Å². The highest BCUT2D eigenvalue weighted by Crippen LogP contribution is 2.21. The largest absolute Gasteiger partial charge is 0.493 e. The molecule has 2 heterocycles. The molecule has 2 aromatic carbocycles. The summed E-state index contributed by atoms with van der Waals surface area (Å²) in [7, 11) is 0. The predicted molar refractivity (Wildman–Crippen MR) is 105 cm³/mol. The number of aromatic nitrogens is 1. The average Bonchev–Trinajstić information content (AvgIpc) is 3.23. The summed E-state index contributed by atoms with van der Waals surface area (Å²) < 4.78 is 17.0. The number of pyridine rings is 1. The fourth-order valence-electron chi connectivity index (χ4n) is 2.89. The number of nitrogens with zero attached hydrogens (tertiary/aromatic N) is 1. The van der Waals surface area contributed by atoms with Crippen molar-refractivity contribution in [1.82, 2.24) is 4.98 Å². The second-order valence-corrected chi connectivity index (χ2v) is 6.29. The molecule has 2 aromatic heterocycles. The quantitative estimate of drug-likeness (QED) is 0.394.